The van der Waals surface area contributed by atoms with Crippen molar-refractivity contribution in [2.45, 2.75) is 6.54 Å². The van der Waals surface area contributed by atoms with Gasteiger partial charge in [0.05, 0.1) is 32.3 Å². The summed E-state index contributed by atoms with van der Waals surface area (Å²) < 4.78 is 17.3. The highest BCUT2D eigenvalue weighted by Gasteiger charge is 2.10. The van der Waals surface area contributed by atoms with Crippen LogP contribution in [0.2, 0.25) is 0 Å². The first-order chi connectivity index (χ1) is 13.7. The average Bonchev–Trinajstić information content (AvgIpc) is 3.25. The average molecular weight is 491 g/mol. The molecule has 0 unspecified atom stereocenters. The van der Waals surface area contributed by atoms with Gasteiger partial charge in [-0.25, -0.2) is 14.4 Å². The van der Waals surface area contributed by atoms with Crippen LogP contribution >= 0.6 is 39.7 Å². The molecule has 0 aliphatic carbocycles. The zero-order valence-corrected chi connectivity index (χ0v) is 18.1. The van der Waals surface area contributed by atoms with Crippen molar-refractivity contribution >= 4 is 72.3 Å². The second kappa shape index (κ2) is 8.06. The molecule has 146 valence electrons. The van der Waals surface area contributed by atoms with Gasteiger partial charge in [-0.1, -0.05) is 12.1 Å². The van der Waals surface area contributed by atoms with Gasteiger partial charge >= 0.3 is 0 Å². The largest absolute Gasteiger partial charge is 0.339 e. The monoisotopic (exact) mass is 489 g/mol. The molecule has 1 N–H and O–H groups in total. The molecule has 0 bridgehead atoms. The van der Waals surface area contributed by atoms with Crippen LogP contribution in [0.3, 0.4) is 0 Å². The minimum atomic E-state index is -0.239. The van der Waals surface area contributed by atoms with Crippen LogP contribution in [0.5, 0.6) is 0 Å². The molecule has 0 amide bonds. The SMILES string of the molecule is Cl.Fc1cccc(Cn2ncc3cc(Nc4ncnc5cc(Br)sc45)ccc32)c1. The molecule has 3 aromatic heterocycles. The van der Waals surface area contributed by atoms with E-state index in [1.165, 1.54) is 12.1 Å². The van der Waals surface area contributed by atoms with E-state index in [1.807, 2.05) is 41.2 Å². The Morgan fingerprint density at radius 2 is 2.00 bits per heavy atom. The van der Waals surface area contributed by atoms with E-state index in [4.69, 9.17) is 0 Å². The first-order valence-electron chi connectivity index (χ1n) is 8.53. The van der Waals surface area contributed by atoms with Crippen LogP contribution in [0.1, 0.15) is 5.56 Å². The van der Waals surface area contributed by atoms with E-state index < -0.39 is 0 Å². The molecule has 3 heterocycles. The van der Waals surface area contributed by atoms with Crippen molar-refractivity contribution in [3.8, 4) is 0 Å². The van der Waals surface area contributed by atoms with Crippen LogP contribution in [0.4, 0.5) is 15.9 Å². The molecule has 0 saturated carbocycles. The van der Waals surface area contributed by atoms with E-state index in [0.29, 0.717) is 6.54 Å². The van der Waals surface area contributed by atoms with E-state index in [9.17, 15) is 4.39 Å². The number of nitrogens with one attached hydrogen (secondary N) is 1. The molecule has 0 aliphatic rings. The number of nitrogens with zero attached hydrogens (tertiary/aromatic N) is 4. The standard InChI is InChI=1S/C20H13BrFN5S.ClH/c21-18-8-16-19(28-18)20(24-11-23-16)26-15-4-5-17-13(7-15)9-25-27(17)10-12-2-1-3-14(22)6-12;/h1-9,11H,10H2,(H,23,24,26);1H. The summed E-state index contributed by atoms with van der Waals surface area (Å²) in [5.41, 5.74) is 3.68. The second-order valence-corrected chi connectivity index (χ2v) is 8.75. The third kappa shape index (κ3) is 3.96. The normalized spacial score (nSPS) is 11.0. The van der Waals surface area contributed by atoms with Gasteiger partial charge in [-0.05, 0) is 57.9 Å². The van der Waals surface area contributed by atoms with E-state index in [-0.39, 0.29) is 18.2 Å². The van der Waals surface area contributed by atoms with Crippen LogP contribution in [-0.4, -0.2) is 19.7 Å². The van der Waals surface area contributed by atoms with Gasteiger partial charge in [-0.15, -0.1) is 23.7 Å². The summed E-state index contributed by atoms with van der Waals surface area (Å²) in [6.45, 7) is 0.518. The lowest BCUT2D eigenvalue weighted by molar-refractivity contribution is 0.621. The molecule has 9 heteroatoms. The van der Waals surface area contributed by atoms with Gasteiger partial charge < -0.3 is 5.32 Å². The van der Waals surface area contributed by atoms with Crippen LogP contribution in [0, 0.1) is 5.82 Å². The van der Waals surface area contributed by atoms with Gasteiger partial charge in [0.1, 0.15) is 12.1 Å². The third-order valence-electron chi connectivity index (χ3n) is 4.41. The zero-order chi connectivity index (χ0) is 19.1. The minimum Gasteiger partial charge on any atom is -0.339 e. The molecule has 5 rings (SSSR count). The number of hydrogen-bond acceptors (Lipinski definition) is 5. The number of fused-ring (bicyclic) bond motifs is 2. The summed E-state index contributed by atoms with van der Waals surface area (Å²) in [5, 5.41) is 8.83. The van der Waals surface area contributed by atoms with Crippen molar-refractivity contribution in [1.82, 2.24) is 19.7 Å². The Hall–Kier alpha value is -2.55. The summed E-state index contributed by atoms with van der Waals surface area (Å²) in [4.78, 5) is 8.67. The Kier molecular flexibility index (Phi) is 5.49. The minimum absolute atomic E-state index is 0. The Labute approximate surface area is 184 Å². The lowest BCUT2D eigenvalue weighted by atomic mass is 10.2. The van der Waals surface area contributed by atoms with Crippen LogP contribution < -0.4 is 5.32 Å². The second-order valence-electron chi connectivity index (χ2n) is 6.32. The maximum absolute atomic E-state index is 13.4. The summed E-state index contributed by atoms with van der Waals surface area (Å²) >= 11 is 5.09. The van der Waals surface area contributed by atoms with Crippen molar-refractivity contribution in [2.24, 2.45) is 0 Å². The van der Waals surface area contributed by atoms with Crippen LogP contribution in [0.25, 0.3) is 21.1 Å². The van der Waals surface area contributed by atoms with Gasteiger partial charge in [0.15, 0.2) is 5.82 Å². The fraction of sp³-hybridized carbons (Fsp3) is 0.0500. The number of anilines is 2. The quantitative estimate of drug-likeness (QED) is 0.328. The lowest BCUT2D eigenvalue weighted by Crippen LogP contribution is -2.01. The summed E-state index contributed by atoms with van der Waals surface area (Å²) in [6.07, 6.45) is 3.37. The Morgan fingerprint density at radius 1 is 1.10 bits per heavy atom. The topological polar surface area (TPSA) is 55.6 Å². The van der Waals surface area contributed by atoms with Gasteiger partial charge in [-0.2, -0.15) is 5.10 Å². The molecule has 5 nitrogen and oxygen atoms in total. The van der Waals surface area contributed by atoms with Crippen LogP contribution in [0.15, 0.2) is 64.8 Å². The van der Waals surface area contributed by atoms with Gasteiger partial charge in [0.2, 0.25) is 0 Å². The highest BCUT2D eigenvalue weighted by atomic mass is 79.9. The molecule has 5 aromatic rings. The number of rotatable bonds is 4. The lowest BCUT2D eigenvalue weighted by Gasteiger charge is -2.07. The summed E-state index contributed by atoms with van der Waals surface area (Å²) in [5.74, 6) is 0.532. The first kappa shape index (κ1) is 19.8. The molecule has 0 spiro atoms. The van der Waals surface area contributed by atoms with E-state index in [1.54, 1.807) is 23.7 Å². The number of thiophene rings is 1. The van der Waals surface area contributed by atoms with Crippen molar-refractivity contribution in [3.05, 3.63) is 76.2 Å². The molecule has 2 aromatic carbocycles. The molecule has 0 saturated heterocycles. The smallest absolute Gasteiger partial charge is 0.151 e. The van der Waals surface area contributed by atoms with Gasteiger partial charge in [-0.3, -0.25) is 4.68 Å². The van der Waals surface area contributed by atoms with E-state index >= 15 is 0 Å². The predicted molar refractivity (Wildman–Crippen MR) is 121 cm³/mol. The molecular weight excluding hydrogens is 477 g/mol. The fourth-order valence-corrected chi connectivity index (χ4v) is 4.63. The molecule has 0 fully saturated rings. The number of benzene rings is 2. The van der Waals surface area contributed by atoms with E-state index in [0.717, 1.165) is 42.0 Å². The maximum atomic E-state index is 13.4. The van der Waals surface area contributed by atoms with Gasteiger partial charge in [0.25, 0.3) is 0 Å². The van der Waals surface area contributed by atoms with Gasteiger partial charge in [0, 0.05) is 11.1 Å². The number of aromatic nitrogens is 4. The molecule has 29 heavy (non-hydrogen) atoms. The molecule has 0 atom stereocenters. The van der Waals surface area contributed by atoms with Crippen LogP contribution in [-0.2, 0) is 6.54 Å². The van der Waals surface area contributed by atoms with Crippen molar-refractivity contribution < 1.29 is 4.39 Å². The summed E-state index contributed by atoms with van der Waals surface area (Å²) in [6, 6.07) is 14.6. The molecule has 0 aliphatic heterocycles. The Balaban J connectivity index is 0.00000205. The fourth-order valence-electron chi connectivity index (χ4n) is 3.15. The predicted octanol–water partition coefficient (Wildman–Crippen LogP) is 6.16. The van der Waals surface area contributed by atoms with Crippen molar-refractivity contribution in [3.63, 3.8) is 0 Å². The number of hydrogen-bond donors (Lipinski definition) is 1. The molecule has 0 radical (unpaired) electrons. The first-order valence-corrected chi connectivity index (χ1v) is 10.1. The molecular formula is C20H14BrClFN5S. The Bertz CT molecular complexity index is 1320. The zero-order valence-electron chi connectivity index (χ0n) is 14.8. The third-order valence-corrected chi connectivity index (χ3v) is 6.04. The maximum Gasteiger partial charge on any atom is 0.151 e. The summed E-state index contributed by atoms with van der Waals surface area (Å²) in [7, 11) is 0. The number of halogens is 3. The van der Waals surface area contributed by atoms with Crippen molar-refractivity contribution in [2.75, 3.05) is 5.32 Å². The van der Waals surface area contributed by atoms with Crippen molar-refractivity contribution in [1.29, 1.82) is 0 Å². The Morgan fingerprint density at radius 3 is 2.86 bits per heavy atom. The van der Waals surface area contributed by atoms with E-state index in [2.05, 4.69) is 36.3 Å². The highest BCUT2D eigenvalue weighted by Crippen LogP contribution is 2.34. The highest BCUT2D eigenvalue weighted by molar-refractivity contribution is 9.11.